The van der Waals surface area contributed by atoms with E-state index in [0.717, 1.165) is 18.4 Å². The highest BCUT2D eigenvalue weighted by atomic mass is 32.2. The van der Waals surface area contributed by atoms with Crippen LogP contribution in [0.3, 0.4) is 0 Å². The maximum Gasteiger partial charge on any atom is 0.338 e. The lowest BCUT2D eigenvalue weighted by molar-refractivity contribution is -0.137. The van der Waals surface area contributed by atoms with Crippen molar-refractivity contribution >= 4 is 21.7 Å². The van der Waals surface area contributed by atoms with Crippen LogP contribution in [0.25, 0.3) is 0 Å². The third-order valence-corrected chi connectivity index (χ3v) is 6.55. The molecular formula is C18H23NO6S. The molecule has 3 rings (SSSR count). The molecule has 0 aromatic heterocycles. The maximum atomic E-state index is 12.6. The van der Waals surface area contributed by atoms with Crippen molar-refractivity contribution in [2.75, 3.05) is 25.2 Å². The van der Waals surface area contributed by atoms with Crippen LogP contribution in [0, 0.1) is 6.92 Å². The predicted octanol–water partition coefficient (Wildman–Crippen LogP) is 1.34. The minimum Gasteiger partial charge on any atom is -0.496 e. The number of hydrogen-bond donors (Lipinski definition) is 0. The van der Waals surface area contributed by atoms with Crippen molar-refractivity contribution < 1.29 is 27.5 Å². The molecular weight excluding hydrogens is 358 g/mol. The SMILES string of the molecule is COc1cc(C(=O)OCC(=O)N(C2CC2)[C@@H]2CCS(=O)(=O)C2)ccc1C. The zero-order valence-corrected chi connectivity index (χ0v) is 15.8. The summed E-state index contributed by atoms with van der Waals surface area (Å²) in [6.07, 6.45) is 2.18. The van der Waals surface area contributed by atoms with Gasteiger partial charge in [0.15, 0.2) is 16.4 Å². The van der Waals surface area contributed by atoms with Crippen LogP contribution < -0.4 is 4.74 Å². The second-order valence-electron chi connectivity index (χ2n) is 6.85. The van der Waals surface area contributed by atoms with Crippen LogP contribution in [0.15, 0.2) is 18.2 Å². The molecule has 2 fully saturated rings. The molecule has 1 aliphatic carbocycles. The topological polar surface area (TPSA) is 90.0 Å². The molecule has 2 aliphatic rings. The third kappa shape index (κ3) is 4.17. The van der Waals surface area contributed by atoms with Crippen molar-refractivity contribution in [3.8, 4) is 5.75 Å². The van der Waals surface area contributed by atoms with Crippen LogP contribution in [-0.4, -0.2) is 62.5 Å². The van der Waals surface area contributed by atoms with Gasteiger partial charge in [-0.25, -0.2) is 13.2 Å². The minimum atomic E-state index is -3.08. The smallest absolute Gasteiger partial charge is 0.338 e. The van der Waals surface area contributed by atoms with Crippen LogP contribution in [-0.2, 0) is 19.4 Å². The Morgan fingerprint density at radius 1 is 1.19 bits per heavy atom. The summed E-state index contributed by atoms with van der Waals surface area (Å²) in [5.74, 6) is -0.259. The van der Waals surface area contributed by atoms with Gasteiger partial charge in [-0.2, -0.15) is 0 Å². The summed E-state index contributed by atoms with van der Waals surface area (Å²) in [4.78, 5) is 26.4. The van der Waals surface area contributed by atoms with Gasteiger partial charge in [0.1, 0.15) is 5.75 Å². The Morgan fingerprint density at radius 2 is 1.92 bits per heavy atom. The first-order valence-corrected chi connectivity index (χ1v) is 10.5. The Balaban J connectivity index is 1.62. The maximum absolute atomic E-state index is 12.6. The summed E-state index contributed by atoms with van der Waals surface area (Å²) in [6.45, 7) is 1.47. The average molecular weight is 381 g/mol. The molecule has 1 aromatic carbocycles. The van der Waals surface area contributed by atoms with Gasteiger partial charge in [-0.1, -0.05) is 6.07 Å². The fourth-order valence-corrected chi connectivity index (χ4v) is 5.00. The van der Waals surface area contributed by atoms with E-state index in [2.05, 4.69) is 0 Å². The number of rotatable bonds is 6. The number of carbonyl (C=O) groups excluding carboxylic acids is 2. The highest BCUT2D eigenvalue weighted by Crippen LogP contribution is 2.32. The molecule has 8 heteroatoms. The fraction of sp³-hybridized carbons (Fsp3) is 0.556. The molecule has 1 amide bonds. The number of esters is 1. The van der Waals surface area contributed by atoms with Gasteiger partial charge in [0.2, 0.25) is 0 Å². The Bertz CT molecular complexity index is 815. The molecule has 0 N–H and O–H groups in total. The van der Waals surface area contributed by atoms with E-state index >= 15 is 0 Å². The average Bonchev–Trinajstić information content (AvgIpc) is 3.36. The molecule has 1 heterocycles. The lowest BCUT2D eigenvalue weighted by atomic mass is 10.1. The van der Waals surface area contributed by atoms with Crippen LogP contribution in [0.1, 0.15) is 35.2 Å². The Kier molecular flexibility index (Phi) is 5.22. The number of aryl methyl sites for hydroxylation is 1. The molecule has 7 nitrogen and oxygen atoms in total. The number of carbonyl (C=O) groups is 2. The first-order valence-electron chi connectivity index (χ1n) is 8.64. The van der Waals surface area contributed by atoms with E-state index in [0.29, 0.717) is 17.7 Å². The molecule has 142 valence electrons. The summed E-state index contributed by atoms with van der Waals surface area (Å²) >= 11 is 0. The van der Waals surface area contributed by atoms with E-state index in [1.54, 1.807) is 23.1 Å². The zero-order chi connectivity index (χ0) is 18.9. The van der Waals surface area contributed by atoms with Crippen LogP contribution >= 0.6 is 0 Å². The van der Waals surface area contributed by atoms with Crippen LogP contribution in [0.4, 0.5) is 0 Å². The molecule has 0 bridgehead atoms. The highest BCUT2D eigenvalue weighted by Gasteiger charge is 2.42. The third-order valence-electron chi connectivity index (χ3n) is 4.80. The minimum absolute atomic E-state index is 0.00164. The first-order chi connectivity index (χ1) is 12.3. The number of benzene rings is 1. The molecule has 26 heavy (non-hydrogen) atoms. The van der Waals surface area contributed by atoms with Crippen molar-refractivity contribution in [3.05, 3.63) is 29.3 Å². The number of sulfone groups is 1. The molecule has 1 saturated heterocycles. The van der Waals surface area contributed by atoms with Gasteiger partial charge in [0, 0.05) is 12.1 Å². The summed E-state index contributed by atoms with van der Waals surface area (Å²) in [7, 11) is -1.56. The number of ether oxygens (including phenoxy) is 2. The van der Waals surface area contributed by atoms with E-state index in [9.17, 15) is 18.0 Å². The van der Waals surface area contributed by atoms with Gasteiger partial charge in [-0.15, -0.1) is 0 Å². The highest BCUT2D eigenvalue weighted by molar-refractivity contribution is 7.91. The van der Waals surface area contributed by atoms with Crippen LogP contribution in [0.5, 0.6) is 5.75 Å². The number of hydrogen-bond acceptors (Lipinski definition) is 6. The first kappa shape index (κ1) is 18.7. The number of nitrogens with zero attached hydrogens (tertiary/aromatic N) is 1. The van der Waals surface area contributed by atoms with Crippen molar-refractivity contribution in [2.24, 2.45) is 0 Å². The van der Waals surface area contributed by atoms with Crippen molar-refractivity contribution in [1.29, 1.82) is 0 Å². The van der Waals surface area contributed by atoms with Gasteiger partial charge in [0.05, 0.1) is 24.2 Å². The van der Waals surface area contributed by atoms with Gasteiger partial charge < -0.3 is 14.4 Å². The van der Waals surface area contributed by atoms with E-state index in [-0.39, 0.29) is 36.1 Å². The molecule has 0 spiro atoms. The summed E-state index contributed by atoms with van der Waals surface area (Å²) in [5.41, 5.74) is 1.20. The van der Waals surface area contributed by atoms with Gasteiger partial charge >= 0.3 is 5.97 Å². The van der Waals surface area contributed by atoms with E-state index in [1.165, 1.54) is 7.11 Å². The zero-order valence-electron chi connectivity index (χ0n) is 14.9. The molecule has 1 aliphatic heterocycles. The van der Waals surface area contributed by atoms with E-state index in [4.69, 9.17) is 9.47 Å². The Morgan fingerprint density at radius 3 is 2.50 bits per heavy atom. The van der Waals surface area contributed by atoms with Gasteiger partial charge in [-0.3, -0.25) is 4.79 Å². The second kappa shape index (κ2) is 7.26. The lowest BCUT2D eigenvalue weighted by Crippen LogP contribution is -2.44. The van der Waals surface area contributed by atoms with Crippen molar-refractivity contribution in [2.45, 2.75) is 38.3 Å². The fourth-order valence-electron chi connectivity index (χ4n) is 3.29. The van der Waals surface area contributed by atoms with E-state index < -0.39 is 15.8 Å². The number of amides is 1. The Labute approximate surface area is 153 Å². The second-order valence-corrected chi connectivity index (χ2v) is 9.08. The van der Waals surface area contributed by atoms with Gasteiger partial charge in [-0.05, 0) is 43.9 Å². The summed E-state index contributed by atoms with van der Waals surface area (Å²) in [6, 6.07) is 4.70. The lowest BCUT2D eigenvalue weighted by Gasteiger charge is -2.28. The molecule has 1 atom stereocenters. The molecule has 0 radical (unpaired) electrons. The van der Waals surface area contributed by atoms with E-state index in [1.807, 2.05) is 6.92 Å². The summed E-state index contributed by atoms with van der Waals surface area (Å²) in [5, 5.41) is 0. The predicted molar refractivity (Wildman–Crippen MR) is 94.9 cm³/mol. The van der Waals surface area contributed by atoms with Gasteiger partial charge in [0.25, 0.3) is 5.91 Å². The Hall–Kier alpha value is -2.09. The van der Waals surface area contributed by atoms with Crippen molar-refractivity contribution in [3.63, 3.8) is 0 Å². The molecule has 1 aromatic rings. The quantitative estimate of drug-likeness (QED) is 0.691. The normalized spacial score (nSPS) is 21.2. The largest absolute Gasteiger partial charge is 0.496 e. The molecule has 1 saturated carbocycles. The monoisotopic (exact) mass is 381 g/mol. The summed E-state index contributed by atoms with van der Waals surface area (Å²) < 4.78 is 33.8. The van der Waals surface area contributed by atoms with Crippen LogP contribution in [0.2, 0.25) is 0 Å². The standard InChI is InChI=1S/C18H23NO6S/c1-12-3-4-13(9-16(12)24-2)18(21)25-10-17(20)19(14-5-6-14)15-7-8-26(22,23)11-15/h3-4,9,14-15H,5-8,10-11H2,1-2H3/t15-/m1/s1. The molecule has 0 unspecified atom stereocenters. The number of methoxy groups -OCH3 is 1. The van der Waals surface area contributed by atoms with Crippen molar-refractivity contribution in [1.82, 2.24) is 4.90 Å².